The third kappa shape index (κ3) is 2.57. The number of sulfonamides is 1. The van der Waals surface area contributed by atoms with E-state index in [2.05, 4.69) is 0 Å². The van der Waals surface area contributed by atoms with Crippen LogP contribution in [0, 0.1) is 23.7 Å². The second-order valence-corrected chi connectivity index (χ2v) is 7.60. The van der Waals surface area contributed by atoms with Gasteiger partial charge < -0.3 is 5.73 Å². The molecule has 1 aliphatic rings. The van der Waals surface area contributed by atoms with Gasteiger partial charge in [-0.05, 0) is 49.1 Å². The highest BCUT2D eigenvalue weighted by Gasteiger charge is 2.39. The zero-order valence-corrected chi connectivity index (χ0v) is 12.6. The average molecular weight is 293 g/mol. The summed E-state index contributed by atoms with van der Waals surface area (Å²) < 4.78 is 26.8. The van der Waals surface area contributed by atoms with Crippen molar-refractivity contribution in [3.05, 3.63) is 29.3 Å². The van der Waals surface area contributed by atoms with Crippen molar-refractivity contribution in [3.8, 4) is 6.07 Å². The smallest absolute Gasteiger partial charge is 0.243 e. The van der Waals surface area contributed by atoms with Gasteiger partial charge >= 0.3 is 0 Å². The second-order valence-electron chi connectivity index (χ2n) is 5.70. The van der Waals surface area contributed by atoms with E-state index in [4.69, 9.17) is 11.0 Å². The number of hydrogen-bond acceptors (Lipinski definition) is 4. The van der Waals surface area contributed by atoms with E-state index in [1.54, 1.807) is 13.0 Å². The first-order valence-electron chi connectivity index (χ1n) is 6.53. The van der Waals surface area contributed by atoms with Crippen molar-refractivity contribution in [2.24, 2.45) is 11.1 Å². The SMILES string of the molecule is Cc1cc(C#N)ccc1S(=O)(=O)N1CCC(C)(CN)C1. The molecule has 6 heteroatoms. The van der Waals surface area contributed by atoms with E-state index in [9.17, 15) is 8.42 Å². The number of nitriles is 1. The van der Waals surface area contributed by atoms with Crippen molar-refractivity contribution >= 4 is 10.0 Å². The van der Waals surface area contributed by atoms with Crippen molar-refractivity contribution in [2.75, 3.05) is 19.6 Å². The van der Waals surface area contributed by atoms with E-state index >= 15 is 0 Å². The molecular weight excluding hydrogens is 274 g/mol. The average Bonchev–Trinajstić information content (AvgIpc) is 2.82. The maximum Gasteiger partial charge on any atom is 0.243 e. The Morgan fingerprint density at radius 1 is 1.50 bits per heavy atom. The van der Waals surface area contributed by atoms with Gasteiger partial charge in [-0.2, -0.15) is 9.57 Å². The predicted octanol–water partition coefficient (Wildman–Crippen LogP) is 1.23. The maximum atomic E-state index is 12.7. The van der Waals surface area contributed by atoms with Gasteiger partial charge in [0, 0.05) is 13.1 Å². The Morgan fingerprint density at radius 2 is 2.20 bits per heavy atom. The molecule has 108 valence electrons. The normalized spacial score (nSPS) is 23.7. The molecule has 1 unspecified atom stereocenters. The molecule has 0 aliphatic carbocycles. The van der Waals surface area contributed by atoms with E-state index < -0.39 is 10.0 Å². The number of aryl methyl sites for hydroxylation is 1. The molecular formula is C14H19N3O2S. The fourth-order valence-corrected chi connectivity index (χ4v) is 4.29. The molecule has 1 atom stereocenters. The monoisotopic (exact) mass is 293 g/mol. The van der Waals surface area contributed by atoms with E-state index in [-0.39, 0.29) is 10.3 Å². The highest BCUT2D eigenvalue weighted by Crippen LogP contribution is 2.33. The van der Waals surface area contributed by atoms with Crippen LogP contribution in [0.2, 0.25) is 0 Å². The van der Waals surface area contributed by atoms with E-state index in [1.807, 2.05) is 13.0 Å². The Balaban J connectivity index is 2.35. The molecule has 0 aromatic heterocycles. The lowest BCUT2D eigenvalue weighted by Gasteiger charge is -2.23. The molecule has 5 nitrogen and oxygen atoms in total. The summed E-state index contributed by atoms with van der Waals surface area (Å²) >= 11 is 0. The van der Waals surface area contributed by atoms with Crippen molar-refractivity contribution < 1.29 is 8.42 Å². The van der Waals surface area contributed by atoms with Gasteiger partial charge in [-0.25, -0.2) is 8.42 Å². The Morgan fingerprint density at radius 3 is 2.70 bits per heavy atom. The number of hydrogen-bond donors (Lipinski definition) is 1. The van der Waals surface area contributed by atoms with Gasteiger partial charge in [0.05, 0.1) is 16.5 Å². The van der Waals surface area contributed by atoms with Gasteiger partial charge in [-0.15, -0.1) is 0 Å². The van der Waals surface area contributed by atoms with E-state index in [0.29, 0.717) is 30.8 Å². The first kappa shape index (κ1) is 15.0. The van der Waals surface area contributed by atoms with Crippen LogP contribution in [0.25, 0.3) is 0 Å². The van der Waals surface area contributed by atoms with Crippen molar-refractivity contribution in [2.45, 2.75) is 25.2 Å². The van der Waals surface area contributed by atoms with Crippen LogP contribution in [0.1, 0.15) is 24.5 Å². The predicted molar refractivity (Wildman–Crippen MR) is 76.4 cm³/mol. The van der Waals surface area contributed by atoms with Gasteiger partial charge in [0.1, 0.15) is 0 Å². The van der Waals surface area contributed by atoms with Crippen LogP contribution in [0.4, 0.5) is 0 Å². The lowest BCUT2D eigenvalue weighted by atomic mass is 9.90. The van der Waals surface area contributed by atoms with Gasteiger partial charge in [0.15, 0.2) is 0 Å². The number of benzene rings is 1. The molecule has 1 fully saturated rings. The van der Waals surface area contributed by atoms with E-state index in [1.165, 1.54) is 16.4 Å². The zero-order chi connectivity index (χ0) is 15.0. The van der Waals surface area contributed by atoms with Crippen LogP contribution in [0.3, 0.4) is 0 Å². The Labute approximate surface area is 120 Å². The summed E-state index contributed by atoms with van der Waals surface area (Å²) in [4.78, 5) is 0.276. The quantitative estimate of drug-likeness (QED) is 0.908. The Hall–Kier alpha value is -1.42. The largest absolute Gasteiger partial charge is 0.330 e. The second kappa shape index (κ2) is 5.17. The lowest BCUT2D eigenvalue weighted by Crippen LogP contribution is -2.34. The van der Waals surface area contributed by atoms with Crippen LogP contribution >= 0.6 is 0 Å². The molecule has 2 N–H and O–H groups in total. The van der Waals surface area contributed by atoms with E-state index in [0.717, 1.165) is 6.42 Å². The molecule has 1 saturated heterocycles. The van der Waals surface area contributed by atoms with Crippen LogP contribution in [-0.2, 0) is 10.0 Å². The molecule has 0 amide bonds. The minimum absolute atomic E-state index is 0.145. The van der Waals surface area contributed by atoms with Crippen LogP contribution in [-0.4, -0.2) is 32.4 Å². The summed E-state index contributed by atoms with van der Waals surface area (Å²) in [6.45, 7) is 5.15. The van der Waals surface area contributed by atoms with Crippen molar-refractivity contribution in [1.82, 2.24) is 4.31 Å². The molecule has 0 saturated carbocycles. The molecule has 0 radical (unpaired) electrons. The van der Waals surface area contributed by atoms with Gasteiger partial charge in [0.25, 0.3) is 0 Å². The third-order valence-electron chi connectivity index (χ3n) is 3.94. The Bertz CT molecular complexity index is 663. The highest BCUT2D eigenvalue weighted by atomic mass is 32.2. The number of rotatable bonds is 3. The maximum absolute atomic E-state index is 12.7. The van der Waals surface area contributed by atoms with Crippen LogP contribution in [0.5, 0.6) is 0 Å². The van der Waals surface area contributed by atoms with Crippen LogP contribution in [0.15, 0.2) is 23.1 Å². The van der Waals surface area contributed by atoms with Gasteiger partial charge in [-0.3, -0.25) is 0 Å². The standard InChI is InChI=1S/C14H19N3O2S/c1-11-7-12(8-15)3-4-13(11)20(18,19)17-6-5-14(2,9-16)10-17/h3-4,7H,5-6,9-10,16H2,1-2H3. The third-order valence-corrected chi connectivity index (χ3v) is 5.94. The summed E-state index contributed by atoms with van der Waals surface area (Å²) in [6.07, 6.45) is 0.776. The molecule has 2 rings (SSSR count). The summed E-state index contributed by atoms with van der Waals surface area (Å²) in [7, 11) is -3.51. The molecule has 1 heterocycles. The van der Waals surface area contributed by atoms with Crippen LogP contribution < -0.4 is 5.73 Å². The minimum atomic E-state index is -3.51. The summed E-state index contributed by atoms with van der Waals surface area (Å²) in [5.74, 6) is 0. The fraction of sp³-hybridized carbons (Fsp3) is 0.500. The summed E-state index contributed by atoms with van der Waals surface area (Å²) in [5, 5.41) is 8.84. The first-order chi connectivity index (χ1) is 9.32. The summed E-state index contributed by atoms with van der Waals surface area (Å²) in [5.41, 5.74) is 6.65. The molecule has 1 aromatic rings. The molecule has 1 aliphatic heterocycles. The van der Waals surface area contributed by atoms with Crippen molar-refractivity contribution in [1.29, 1.82) is 5.26 Å². The van der Waals surface area contributed by atoms with Crippen molar-refractivity contribution in [3.63, 3.8) is 0 Å². The summed E-state index contributed by atoms with van der Waals surface area (Å²) in [6, 6.07) is 6.67. The lowest BCUT2D eigenvalue weighted by molar-refractivity contribution is 0.349. The number of nitrogens with two attached hydrogens (primary N) is 1. The molecule has 0 bridgehead atoms. The molecule has 1 aromatic carbocycles. The molecule has 20 heavy (non-hydrogen) atoms. The minimum Gasteiger partial charge on any atom is -0.330 e. The van der Waals surface area contributed by atoms with Gasteiger partial charge in [0.2, 0.25) is 10.0 Å². The fourth-order valence-electron chi connectivity index (χ4n) is 2.50. The Kier molecular flexibility index (Phi) is 3.87. The first-order valence-corrected chi connectivity index (χ1v) is 7.97. The highest BCUT2D eigenvalue weighted by molar-refractivity contribution is 7.89. The zero-order valence-electron chi connectivity index (χ0n) is 11.8. The molecule has 0 spiro atoms. The topological polar surface area (TPSA) is 87.2 Å². The van der Waals surface area contributed by atoms with Gasteiger partial charge in [-0.1, -0.05) is 6.92 Å². The number of nitrogens with zero attached hydrogens (tertiary/aromatic N) is 2.